The molecule has 0 radical (unpaired) electrons. The van der Waals surface area contributed by atoms with E-state index < -0.39 is 0 Å². The van der Waals surface area contributed by atoms with E-state index in [2.05, 4.69) is 69.3 Å². The fourth-order valence-corrected chi connectivity index (χ4v) is 4.70. The molecule has 2 fully saturated rings. The summed E-state index contributed by atoms with van der Waals surface area (Å²) in [6, 6.07) is 11.5. The zero-order chi connectivity index (χ0) is 19.8. The van der Waals surface area contributed by atoms with Crippen LogP contribution in [0, 0.1) is 5.92 Å². The highest BCUT2D eigenvalue weighted by Gasteiger charge is 2.25. The molecule has 156 valence electrons. The number of piperazine rings is 1. The van der Waals surface area contributed by atoms with Crippen molar-refractivity contribution >= 4 is 5.96 Å². The third-order valence-corrected chi connectivity index (χ3v) is 6.51. The Kier molecular flexibility index (Phi) is 8.16. The van der Waals surface area contributed by atoms with Crippen LogP contribution in [0.25, 0.3) is 0 Å². The largest absolute Gasteiger partial charge is 0.356 e. The molecule has 1 aromatic rings. The molecule has 0 aliphatic carbocycles. The van der Waals surface area contributed by atoms with Crippen LogP contribution in [-0.2, 0) is 0 Å². The lowest BCUT2D eigenvalue weighted by Crippen LogP contribution is -2.53. The lowest BCUT2D eigenvalue weighted by Gasteiger charge is -2.40. The van der Waals surface area contributed by atoms with Crippen molar-refractivity contribution in [3.8, 4) is 0 Å². The number of hydrogen-bond acceptors (Lipinski definition) is 3. The highest BCUT2D eigenvalue weighted by Crippen LogP contribution is 2.25. The van der Waals surface area contributed by atoms with Gasteiger partial charge in [-0.05, 0) is 57.3 Å². The van der Waals surface area contributed by atoms with Crippen molar-refractivity contribution in [3.63, 3.8) is 0 Å². The number of nitrogens with zero attached hydrogens (tertiary/aromatic N) is 4. The molecule has 1 aromatic carbocycles. The van der Waals surface area contributed by atoms with Gasteiger partial charge in [0, 0.05) is 45.8 Å². The highest BCUT2D eigenvalue weighted by atomic mass is 15.3. The van der Waals surface area contributed by atoms with Gasteiger partial charge in [-0.25, -0.2) is 0 Å². The van der Waals surface area contributed by atoms with Crippen molar-refractivity contribution in [2.45, 2.75) is 38.6 Å². The number of aliphatic imine (C=N–C) groups is 1. The Bertz CT molecular complexity index is 586. The first-order valence-corrected chi connectivity index (χ1v) is 11.1. The number of nitrogens with one attached hydrogen (secondary N) is 1. The molecular formula is C23H39N5. The number of rotatable bonds is 6. The van der Waals surface area contributed by atoms with E-state index in [1.165, 1.54) is 37.9 Å². The average molecular weight is 386 g/mol. The van der Waals surface area contributed by atoms with Gasteiger partial charge in [-0.3, -0.25) is 9.89 Å². The predicted molar refractivity (Wildman–Crippen MR) is 119 cm³/mol. The molecule has 2 aliphatic rings. The van der Waals surface area contributed by atoms with Gasteiger partial charge in [0.2, 0.25) is 0 Å². The molecule has 0 saturated carbocycles. The summed E-state index contributed by atoms with van der Waals surface area (Å²) in [6.45, 7) is 10.2. The monoisotopic (exact) mass is 385 g/mol. The van der Waals surface area contributed by atoms with E-state index in [1.54, 1.807) is 0 Å². The maximum Gasteiger partial charge on any atom is 0.193 e. The first-order chi connectivity index (χ1) is 13.7. The zero-order valence-corrected chi connectivity index (χ0v) is 18.1. The summed E-state index contributed by atoms with van der Waals surface area (Å²) >= 11 is 0. The molecule has 5 nitrogen and oxygen atoms in total. The van der Waals surface area contributed by atoms with Crippen LogP contribution in [0.3, 0.4) is 0 Å². The second kappa shape index (κ2) is 10.8. The maximum atomic E-state index is 4.56. The molecule has 28 heavy (non-hydrogen) atoms. The summed E-state index contributed by atoms with van der Waals surface area (Å²) in [6.07, 6.45) is 5.10. The van der Waals surface area contributed by atoms with E-state index in [-0.39, 0.29) is 0 Å². The van der Waals surface area contributed by atoms with E-state index >= 15 is 0 Å². The summed E-state index contributed by atoms with van der Waals surface area (Å²) in [5.74, 6) is 1.95. The molecule has 1 N–H and O–H groups in total. The first-order valence-electron chi connectivity index (χ1n) is 11.1. The molecule has 3 rings (SSSR count). The second-order valence-electron chi connectivity index (χ2n) is 8.37. The molecule has 2 heterocycles. The Morgan fingerprint density at radius 3 is 2.36 bits per heavy atom. The minimum Gasteiger partial charge on any atom is -0.356 e. The number of guanidine groups is 1. The van der Waals surface area contributed by atoms with E-state index in [0.717, 1.165) is 51.0 Å². The third-order valence-electron chi connectivity index (χ3n) is 6.51. The Morgan fingerprint density at radius 1 is 1.07 bits per heavy atom. The van der Waals surface area contributed by atoms with Crippen LogP contribution in [0.2, 0.25) is 0 Å². The molecule has 2 aliphatic heterocycles. The molecule has 0 amide bonds. The smallest absolute Gasteiger partial charge is 0.193 e. The van der Waals surface area contributed by atoms with Gasteiger partial charge in [-0.15, -0.1) is 0 Å². The van der Waals surface area contributed by atoms with Crippen molar-refractivity contribution < 1.29 is 0 Å². The molecule has 1 unspecified atom stereocenters. The Labute approximate surface area is 171 Å². The van der Waals surface area contributed by atoms with Gasteiger partial charge in [0.15, 0.2) is 5.96 Å². The fraction of sp³-hybridized carbons (Fsp3) is 0.696. The van der Waals surface area contributed by atoms with E-state index in [4.69, 9.17) is 0 Å². The minimum absolute atomic E-state index is 0.530. The Hall–Kier alpha value is -1.59. The van der Waals surface area contributed by atoms with Crippen LogP contribution in [0.4, 0.5) is 0 Å². The zero-order valence-electron chi connectivity index (χ0n) is 18.1. The van der Waals surface area contributed by atoms with Gasteiger partial charge in [0.1, 0.15) is 0 Å². The molecule has 1 atom stereocenters. The number of hydrogen-bond donors (Lipinski definition) is 1. The number of piperidine rings is 1. The summed E-state index contributed by atoms with van der Waals surface area (Å²) in [5, 5.41) is 3.63. The van der Waals surface area contributed by atoms with E-state index in [9.17, 15) is 0 Å². The minimum atomic E-state index is 0.530. The normalized spacial score (nSPS) is 21.7. The quantitative estimate of drug-likeness (QED) is 0.603. The van der Waals surface area contributed by atoms with Gasteiger partial charge in [-0.2, -0.15) is 0 Å². The average Bonchev–Trinajstić information content (AvgIpc) is 2.75. The fourth-order valence-electron chi connectivity index (χ4n) is 4.70. The van der Waals surface area contributed by atoms with Crippen LogP contribution < -0.4 is 5.32 Å². The van der Waals surface area contributed by atoms with Gasteiger partial charge >= 0.3 is 0 Å². The molecule has 0 aromatic heterocycles. The van der Waals surface area contributed by atoms with Gasteiger partial charge in [0.05, 0.1) is 0 Å². The summed E-state index contributed by atoms with van der Waals surface area (Å²) in [7, 11) is 4.15. The summed E-state index contributed by atoms with van der Waals surface area (Å²) < 4.78 is 0. The first kappa shape index (κ1) is 21.1. The van der Waals surface area contributed by atoms with Gasteiger partial charge < -0.3 is 15.1 Å². The molecule has 2 saturated heterocycles. The standard InChI is InChI=1S/C23H39N5/c1-4-22(21-8-6-5-7-9-21)27-16-18-28(19-17-27)23(24-2)25-13-10-20-11-14-26(3)15-12-20/h5-9,20,22H,4,10-19H2,1-3H3,(H,24,25). The SMILES string of the molecule is CCC(c1ccccc1)N1CCN(C(=NC)NCCC2CCN(C)CC2)CC1. The van der Waals surface area contributed by atoms with Crippen molar-refractivity contribution in [3.05, 3.63) is 35.9 Å². The van der Waals surface area contributed by atoms with Gasteiger partial charge in [-0.1, -0.05) is 37.3 Å². The molecular weight excluding hydrogens is 346 g/mol. The second-order valence-corrected chi connectivity index (χ2v) is 8.37. The third kappa shape index (κ3) is 5.71. The number of benzene rings is 1. The van der Waals surface area contributed by atoms with Crippen molar-refractivity contribution in [2.75, 3.05) is 59.9 Å². The maximum absolute atomic E-state index is 4.56. The van der Waals surface area contributed by atoms with Crippen LogP contribution >= 0.6 is 0 Å². The molecule has 0 bridgehead atoms. The Morgan fingerprint density at radius 2 is 1.75 bits per heavy atom. The Balaban J connectivity index is 1.43. The van der Waals surface area contributed by atoms with Crippen LogP contribution in [0.5, 0.6) is 0 Å². The lowest BCUT2D eigenvalue weighted by atomic mass is 9.94. The van der Waals surface area contributed by atoms with Crippen LogP contribution in [0.15, 0.2) is 35.3 Å². The van der Waals surface area contributed by atoms with Crippen molar-refractivity contribution in [2.24, 2.45) is 10.9 Å². The lowest BCUT2D eigenvalue weighted by molar-refractivity contribution is 0.126. The van der Waals surface area contributed by atoms with Crippen LogP contribution in [-0.4, -0.2) is 80.6 Å². The summed E-state index contributed by atoms with van der Waals surface area (Å²) in [5.41, 5.74) is 1.44. The highest BCUT2D eigenvalue weighted by molar-refractivity contribution is 5.79. The van der Waals surface area contributed by atoms with Crippen LogP contribution in [0.1, 0.15) is 44.2 Å². The van der Waals surface area contributed by atoms with E-state index in [0.29, 0.717) is 6.04 Å². The van der Waals surface area contributed by atoms with E-state index in [1.807, 2.05) is 7.05 Å². The van der Waals surface area contributed by atoms with Crippen molar-refractivity contribution in [1.29, 1.82) is 0 Å². The molecule has 5 heteroatoms. The topological polar surface area (TPSA) is 34.1 Å². The summed E-state index contributed by atoms with van der Waals surface area (Å²) in [4.78, 5) is 12.1. The van der Waals surface area contributed by atoms with Crippen molar-refractivity contribution in [1.82, 2.24) is 20.0 Å². The number of likely N-dealkylation sites (tertiary alicyclic amines) is 1. The molecule has 0 spiro atoms. The van der Waals surface area contributed by atoms with Gasteiger partial charge in [0.25, 0.3) is 0 Å². The predicted octanol–water partition coefficient (Wildman–Crippen LogP) is 3.06.